The van der Waals surface area contributed by atoms with E-state index >= 15 is 0 Å². The Labute approximate surface area is 101 Å². The zero-order chi connectivity index (χ0) is 13.1. The van der Waals surface area contributed by atoms with E-state index in [-0.39, 0.29) is 4.99 Å². The molecule has 0 aliphatic rings. The highest BCUT2D eigenvalue weighted by Gasteiger charge is 2.40. The molecule has 2 nitrogen and oxygen atoms in total. The molecule has 0 spiro atoms. The molecule has 94 valence electrons. The first-order chi connectivity index (χ1) is 7.83. The molecular weight excluding hydrogens is 256 g/mol. The van der Waals surface area contributed by atoms with Crippen molar-refractivity contribution in [3.63, 3.8) is 0 Å². The lowest BCUT2D eigenvalue weighted by atomic mass is 10.2. The second kappa shape index (κ2) is 5.31. The van der Waals surface area contributed by atoms with E-state index in [1.54, 1.807) is 0 Å². The Morgan fingerprint density at radius 3 is 2.24 bits per heavy atom. The molecule has 0 radical (unpaired) electrons. The van der Waals surface area contributed by atoms with Crippen LogP contribution >= 0.6 is 12.2 Å². The number of hydrogen-bond acceptors (Lipinski definition) is 2. The maximum atomic E-state index is 12.6. The number of anilines is 1. The first kappa shape index (κ1) is 13.7. The van der Waals surface area contributed by atoms with Gasteiger partial charge in [0.05, 0.1) is 6.54 Å². The van der Waals surface area contributed by atoms with Crippen molar-refractivity contribution < 1.29 is 17.6 Å². The summed E-state index contributed by atoms with van der Waals surface area (Å²) in [5, 5.41) is 2.22. The highest BCUT2D eigenvalue weighted by atomic mass is 32.1. The first-order valence-corrected chi connectivity index (χ1v) is 5.03. The molecule has 1 aromatic rings. The molecule has 0 saturated heterocycles. The van der Waals surface area contributed by atoms with Crippen molar-refractivity contribution in [2.75, 3.05) is 11.9 Å². The maximum absolute atomic E-state index is 12.6. The predicted molar refractivity (Wildman–Crippen MR) is 61.8 cm³/mol. The first-order valence-electron chi connectivity index (χ1n) is 4.62. The van der Waals surface area contributed by atoms with E-state index in [1.165, 1.54) is 24.3 Å². The summed E-state index contributed by atoms with van der Waals surface area (Å²) in [6.07, 6.45) is -3.69. The highest BCUT2D eigenvalue weighted by molar-refractivity contribution is 7.80. The lowest BCUT2D eigenvalue weighted by Gasteiger charge is -2.16. The van der Waals surface area contributed by atoms with E-state index in [4.69, 9.17) is 18.0 Å². The standard InChI is InChI=1S/C10H10F4N2S/c11-9(12)10(13,14)5-16-7-3-1-6(2-4-7)8(15)17/h1-4,9,16H,5H2,(H2,15,17). The molecular formula is C10H10F4N2S. The number of halogens is 4. The smallest absolute Gasteiger partial charge is 0.324 e. The summed E-state index contributed by atoms with van der Waals surface area (Å²) < 4.78 is 48.9. The Hall–Kier alpha value is -1.37. The van der Waals surface area contributed by atoms with Gasteiger partial charge in [-0.1, -0.05) is 12.2 Å². The fourth-order valence-electron chi connectivity index (χ4n) is 1.05. The van der Waals surface area contributed by atoms with Crippen molar-refractivity contribution in [2.24, 2.45) is 5.73 Å². The quantitative estimate of drug-likeness (QED) is 0.635. The van der Waals surface area contributed by atoms with Gasteiger partial charge >= 0.3 is 12.3 Å². The van der Waals surface area contributed by atoms with E-state index in [9.17, 15) is 17.6 Å². The van der Waals surface area contributed by atoms with E-state index in [0.29, 0.717) is 11.3 Å². The van der Waals surface area contributed by atoms with Gasteiger partial charge in [-0.3, -0.25) is 0 Å². The number of nitrogens with two attached hydrogens (primary N) is 1. The molecule has 0 saturated carbocycles. The molecule has 0 amide bonds. The predicted octanol–water partition coefficient (Wildman–Crippen LogP) is 2.63. The zero-order valence-corrected chi connectivity index (χ0v) is 9.41. The Bertz CT molecular complexity index is 392. The summed E-state index contributed by atoms with van der Waals surface area (Å²) in [6, 6.07) is 5.92. The monoisotopic (exact) mass is 266 g/mol. The summed E-state index contributed by atoms with van der Waals surface area (Å²) in [5.74, 6) is -4.05. The van der Waals surface area contributed by atoms with Gasteiger partial charge in [-0.05, 0) is 24.3 Å². The number of alkyl halides is 4. The average molecular weight is 266 g/mol. The van der Waals surface area contributed by atoms with Crippen molar-refractivity contribution in [3.8, 4) is 0 Å². The third-order valence-electron chi connectivity index (χ3n) is 2.02. The molecule has 0 aromatic heterocycles. The summed E-state index contributed by atoms with van der Waals surface area (Å²) >= 11 is 4.70. The fourth-order valence-corrected chi connectivity index (χ4v) is 1.19. The van der Waals surface area contributed by atoms with Gasteiger partial charge in [-0.15, -0.1) is 0 Å². The molecule has 1 aromatic carbocycles. The molecule has 0 bridgehead atoms. The van der Waals surface area contributed by atoms with Crippen LogP contribution in [0, 0.1) is 0 Å². The van der Waals surface area contributed by atoms with E-state index in [0.717, 1.165) is 0 Å². The fraction of sp³-hybridized carbons (Fsp3) is 0.300. The van der Waals surface area contributed by atoms with Gasteiger partial charge in [0.2, 0.25) is 0 Å². The largest absolute Gasteiger partial charge is 0.389 e. The minimum absolute atomic E-state index is 0.175. The Balaban J connectivity index is 2.62. The summed E-state index contributed by atoms with van der Waals surface area (Å²) in [7, 11) is 0. The minimum atomic E-state index is -4.05. The minimum Gasteiger partial charge on any atom is -0.389 e. The Kier molecular flexibility index (Phi) is 4.28. The van der Waals surface area contributed by atoms with Crippen molar-refractivity contribution in [1.82, 2.24) is 0 Å². The zero-order valence-electron chi connectivity index (χ0n) is 8.59. The Morgan fingerprint density at radius 1 is 1.29 bits per heavy atom. The van der Waals surface area contributed by atoms with Crippen LogP contribution in [-0.4, -0.2) is 23.9 Å². The number of thiocarbonyl (C=S) groups is 1. The van der Waals surface area contributed by atoms with Crippen LogP contribution in [0.15, 0.2) is 24.3 Å². The van der Waals surface area contributed by atoms with Crippen LogP contribution in [0.4, 0.5) is 23.2 Å². The SMILES string of the molecule is NC(=S)c1ccc(NCC(F)(F)C(F)F)cc1. The highest BCUT2D eigenvalue weighted by Crippen LogP contribution is 2.23. The van der Waals surface area contributed by atoms with Gasteiger partial charge < -0.3 is 11.1 Å². The summed E-state index contributed by atoms with van der Waals surface area (Å²) in [4.78, 5) is 0.175. The lowest BCUT2D eigenvalue weighted by molar-refractivity contribution is -0.117. The van der Waals surface area contributed by atoms with Crippen LogP contribution in [0.3, 0.4) is 0 Å². The van der Waals surface area contributed by atoms with Crippen LogP contribution in [0.2, 0.25) is 0 Å². The number of rotatable bonds is 5. The van der Waals surface area contributed by atoms with E-state index in [2.05, 4.69) is 5.32 Å². The average Bonchev–Trinajstić information content (AvgIpc) is 2.27. The molecule has 0 aliphatic heterocycles. The third-order valence-corrected chi connectivity index (χ3v) is 2.25. The molecule has 17 heavy (non-hydrogen) atoms. The van der Waals surface area contributed by atoms with Crippen molar-refractivity contribution >= 4 is 22.9 Å². The van der Waals surface area contributed by atoms with Gasteiger partial charge in [0.15, 0.2) is 0 Å². The number of benzene rings is 1. The molecule has 3 N–H and O–H groups in total. The van der Waals surface area contributed by atoms with Crippen molar-refractivity contribution in [1.29, 1.82) is 0 Å². The second-order valence-electron chi connectivity index (χ2n) is 3.36. The molecule has 0 unspecified atom stereocenters. The van der Waals surface area contributed by atoms with Crippen LogP contribution in [0.25, 0.3) is 0 Å². The molecule has 0 atom stereocenters. The van der Waals surface area contributed by atoms with Crippen molar-refractivity contribution in [2.45, 2.75) is 12.3 Å². The van der Waals surface area contributed by atoms with Gasteiger partial charge in [0.1, 0.15) is 4.99 Å². The van der Waals surface area contributed by atoms with Gasteiger partial charge in [0, 0.05) is 11.3 Å². The topological polar surface area (TPSA) is 38.0 Å². The van der Waals surface area contributed by atoms with Crippen LogP contribution in [0.5, 0.6) is 0 Å². The van der Waals surface area contributed by atoms with Gasteiger partial charge in [-0.25, -0.2) is 8.78 Å². The van der Waals surface area contributed by atoms with Gasteiger partial charge in [-0.2, -0.15) is 8.78 Å². The number of hydrogen-bond donors (Lipinski definition) is 2. The van der Waals surface area contributed by atoms with Gasteiger partial charge in [0.25, 0.3) is 0 Å². The molecule has 1 rings (SSSR count). The lowest BCUT2D eigenvalue weighted by Crippen LogP contribution is -2.34. The third kappa shape index (κ3) is 3.85. The maximum Gasteiger partial charge on any atom is 0.324 e. The second-order valence-corrected chi connectivity index (χ2v) is 3.80. The van der Waals surface area contributed by atoms with Crippen LogP contribution in [0.1, 0.15) is 5.56 Å². The van der Waals surface area contributed by atoms with E-state index in [1.807, 2.05) is 0 Å². The molecule has 0 fully saturated rings. The molecule has 0 heterocycles. The number of nitrogens with one attached hydrogen (secondary N) is 1. The molecule has 0 aliphatic carbocycles. The Morgan fingerprint density at radius 2 is 1.82 bits per heavy atom. The summed E-state index contributed by atoms with van der Waals surface area (Å²) in [5.41, 5.74) is 6.21. The van der Waals surface area contributed by atoms with Crippen LogP contribution in [-0.2, 0) is 0 Å². The van der Waals surface area contributed by atoms with Crippen molar-refractivity contribution in [3.05, 3.63) is 29.8 Å². The van der Waals surface area contributed by atoms with Crippen LogP contribution < -0.4 is 11.1 Å². The molecule has 7 heteroatoms. The summed E-state index contributed by atoms with van der Waals surface area (Å²) in [6.45, 7) is -1.13. The van der Waals surface area contributed by atoms with E-state index < -0.39 is 18.9 Å². The normalized spacial score (nSPS) is 11.6.